The SMILES string of the molecule is CCCCC(=O)NCC(c1ccc(OC)cc1)c1ccccn1. The van der Waals surface area contributed by atoms with Crippen LogP contribution < -0.4 is 10.1 Å². The van der Waals surface area contributed by atoms with Crippen LogP contribution in [-0.4, -0.2) is 24.5 Å². The van der Waals surface area contributed by atoms with Gasteiger partial charge in [0.25, 0.3) is 0 Å². The number of pyridine rings is 1. The summed E-state index contributed by atoms with van der Waals surface area (Å²) in [7, 11) is 1.65. The highest BCUT2D eigenvalue weighted by Gasteiger charge is 2.16. The molecule has 0 saturated heterocycles. The average molecular weight is 312 g/mol. The monoisotopic (exact) mass is 312 g/mol. The normalized spacial score (nSPS) is 11.7. The van der Waals surface area contributed by atoms with Crippen molar-refractivity contribution < 1.29 is 9.53 Å². The van der Waals surface area contributed by atoms with E-state index >= 15 is 0 Å². The van der Waals surface area contributed by atoms with Gasteiger partial charge in [0.1, 0.15) is 5.75 Å². The Bertz CT molecular complexity index is 597. The van der Waals surface area contributed by atoms with Gasteiger partial charge in [-0.2, -0.15) is 0 Å². The molecule has 0 aliphatic carbocycles. The Morgan fingerprint density at radius 1 is 1.22 bits per heavy atom. The summed E-state index contributed by atoms with van der Waals surface area (Å²) in [4.78, 5) is 16.4. The predicted octanol–water partition coefficient (Wildman–Crippen LogP) is 3.53. The van der Waals surface area contributed by atoms with Crippen molar-refractivity contribution in [2.45, 2.75) is 32.1 Å². The molecule has 0 aliphatic rings. The Labute approximate surface area is 137 Å². The minimum absolute atomic E-state index is 0.0349. The van der Waals surface area contributed by atoms with Crippen LogP contribution >= 0.6 is 0 Å². The van der Waals surface area contributed by atoms with E-state index in [1.54, 1.807) is 13.3 Å². The number of carbonyl (C=O) groups is 1. The molecule has 122 valence electrons. The number of carbonyl (C=O) groups excluding carboxylic acids is 1. The maximum absolute atomic E-state index is 11.9. The first kappa shape index (κ1) is 17.0. The summed E-state index contributed by atoms with van der Waals surface area (Å²) in [5.74, 6) is 0.953. The van der Waals surface area contributed by atoms with Gasteiger partial charge in [-0.05, 0) is 36.2 Å². The van der Waals surface area contributed by atoms with Crippen LogP contribution in [0, 0.1) is 0 Å². The molecule has 0 saturated carbocycles. The van der Waals surface area contributed by atoms with Gasteiger partial charge in [0, 0.05) is 30.8 Å². The third-order valence-corrected chi connectivity index (χ3v) is 3.82. The van der Waals surface area contributed by atoms with E-state index < -0.39 is 0 Å². The van der Waals surface area contributed by atoms with Gasteiger partial charge in [0.2, 0.25) is 5.91 Å². The molecule has 1 N–H and O–H groups in total. The first-order valence-electron chi connectivity index (χ1n) is 8.06. The number of benzene rings is 1. The zero-order chi connectivity index (χ0) is 16.5. The second-order valence-corrected chi connectivity index (χ2v) is 5.49. The van der Waals surface area contributed by atoms with Crippen molar-refractivity contribution in [2.75, 3.05) is 13.7 Å². The standard InChI is InChI=1S/C19H24N2O2/c1-3-4-8-19(22)21-14-17(18-7-5-6-13-20-18)15-9-11-16(23-2)12-10-15/h5-7,9-13,17H,3-4,8,14H2,1-2H3,(H,21,22). The van der Waals surface area contributed by atoms with E-state index in [2.05, 4.69) is 17.2 Å². The number of ether oxygens (including phenoxy) is 1. The van der Waals surface area contributed by atoms with Crippen molar-refractivity contribution in [3.05, 3.63) is 59.9 Å². The van der Waals surface area contributed by atoms with Gasteiger partial charge in [-0.3, -0.25) is 9.78 Å². The van der Waals surface area contributed by atoms with Crippen LogP contribution in [0.25, 0.3) is 0 Å². The van der Waals surface area contributed by atoms with Crippen LogP contribution in [-0.2, 0) is 4.79 Å². The second kappa shape index (κ2) is 8.93. The van der Waals surface area contributed by atoms with Crippen molar-refractivity contribution in [3.8, 4) is 5.75 Å². The number of aromatic nitrogens is 1. The van der Waals surface area contributed by atoms with Crippen LogP contribution in [0.4, 0.5) is 0 Å². The number of amides is 1. The highest BCUT2D eigenvalue weighted by atomic mass is 16.5. The molecule has 0 aliphatic heterocycles. The summed E-state index contributed by atoms with van der Waals surface area (Å²) in [6.45, 7) is 2.63. The largest absolute Gasteiger partial charge is 0.497 e. The fraction of sp³-hybridized carbons (Fsp3) is 0.368. The molecule has 2 aromatic rings. The van der Waals surface area contributed by atoms with E-state index in [1.807, 2.05) is 42.5 Å². The van der Waals surface area contributed by atoms with Crippen LogP contribution in [0.1, 0.15) is 43.4 Å². The fourth-order valence-electron chi connectivity index (χ4n) is 2.45. The Balaban J connectivity index is 2.13. The summed E-state index contributed by atoms with van der Waals surface area (Å²) in [6, 6.07) is 13.8. The van der Waals surface area contributed by atoms with Gasteiger partial charge < -0.3 is 10.1 Å². The lowest BCUT2D eigenvalue weighted by atomic mass is 9.95. The fourth-order valence-corrected chi connectivity index (χ4v) is 2.45. The summed E-state index contributed by atoms with van der Waals surface area (Å²) in [6.07, 6.45) is 4.30. The third kappa shape index (κ3) is 5.09. The molecule has 2 rings (SSSR count). The number of hydrogen-bond donors (Lipinski definition) is 1. The van der Waals surface area contributed by atoms with Crippen LogP contribution in [0.3, 0.4) is 0 Å². The molecule has 4 nitrogen and oxygen atoms in total. The molecule has 1 aromatic heterocycles. The summed E-state index contributed by atoms with van der Waals surface area (Å²) in [5.41, 5.74) is 2.06. The number of unbranched alkanes of at least 4 members (excludes halogenated alkanes) is 1. The molecule has 0 fully saturated rings. The van der Waals surface area contributed by atoms with E-state index in [0.717, 1.165) is 29.8 Å². The molecule has 1 atom stereocenters. The molecule has 0 spiro atoms. The van der Waals surface area contributed by atoms with E-state index in [4.69, 9.17) is 4.74 Å². The first-order valence-corrected chi connectivity index (χ1v) is 8.06. The summed E-state index contributed by atoms with van der Waals surface area (Å²) < 4.78 is 5.21. The maximum Gasteiger partial charge on any atom is 0.220 e. The minimum atomic E-state index is 0.0349. The third-order valence-electron chi connectivity index (χ3n) is 3.82. The molecule has 1 amide bonds. The quantitative estimate of drug-likeness (QED) is 0.811. The number of methoxy groups -OCH3 is 1. The van der Waals surface area contributed by atoms with E-state index in [0.29, 0.717) is 13.0 Å². The summed E-state index contributed by atoms with van der Waals surface area (Å²) in [5, 5.41) is 3.03. The highest BCUT2D eigenvalue weighted by Crippen LogP contribution is 2.24. The lowest BCUT2D eigenvalue weighted by molar-refractivity contribution is -0.121. The summed E-state index contributed by atoms with van der Waals surface area (Å²) >= 11 is 0. The smallest absolute Gasteiger partial charge is 0.220 e. The average Bonchev–Trinajstić information content (AvgIpc) is 2.61. The van der Waals surface area contributed by atoms with Crippen molar-refractivity contribution in [2.24, 2.45) is 0 Å². The number of nitrogens with zero attached hydrogens (tertiary/aromatic N) is 1. The minimum Gasteiger partial charge on any atom is -0.497 e. The molecule has 1 heterocycles. The second-order valence-electron chi connectivity index (χ2n) is 5.49. The molecule has 1 aromatic carbocycles. The zero-order valence-electron chi connectivity index (χ0n) is 13.8. The highest BCUT2D eigenvalue weighted by molar-refractivity contribution is 5.75. The molecular formula is C19H24N2O2. The lowest BCUT2D eigenvalue weighted by Crippen LogP contribution is -2.29. The van der Waals surface area contributed by atoms with Gasteiger partial charge in [-0.25, -0.2) is 0 Å². The van der Waals surface area contributed by atoms with Crippen molar-refractivity contribution in [1.82, 2.24) is 10.3 Å². The van der Waals surface area contributed by atoms with Gasteiger partial charge in [-0.1, -0.05) is 31.5 Å². The Morgan fingerprint density at radius 3 is 2.61 bits per heavy atom. The maximum atomic E-state index is 11.9. The van der Waals surface area contributed by atoms with Gasteiger partial charge in [0.15, 0.2) is 0 Å². The van der Waals surface area contributed by atoms with Crippen molar-refractivity contribution in [1.29, 1.82) is 0 Å². The molecule has 0 bridgehead atoms. The van der Waals surface area contributed by atoms with Crippen LogP contribution in [0.5, 0.6) is 5.75 Å². The Hall–Kier alpha value is -2.36. The Kier molecular flexibility index (Phi) is 6.60. The van der Waals surface area contributed by atoms with E-state index in [9.17, 15) is 4.79 Å². The molecule has 1 unspecified atom stereocenters. The van der Waals surface area contributed by atoms with Gasteiger partial charge in [-0.15, -0.1) is 0 Å². The molecule has 0 radical (unpaired) electrons. The Morgan fingerprint density at radius 2 is 2.00 bits per heavy atom. The van der Waals surface area contributed by atoms with Gasteiger partial charge >= 0.3 is 0 Å². The molecular weight excluding hydrogens is 288 g/mol. The topological polar surface area (TPSA) is 51.2 Å². The number of nitrogens with one attached hydrogen (secondary N) is 1. The van der Waals surface area contributed by atoms with Crippen molar-refractivity contribution in [3.63, 3.8) is 0 Å². The zero-order valence-corrected chi connectivity index (χ0v) is 13.8. The number of hydrogen-bond acceptors (Lipinski definition) is 3. The number of rotatable bonds is 8. The van der Waals surface area contributed by atoms with E-state index in [-0.39, 0.29) is 11.8 Å². The van der Waals surface area contributed by atoms with Crippen LogP contribution in [0.15, 0.2) is 48.7 Å². The van der Waals surface area contributed by atoms with E-state index in [1.165, 1.54) is 0 Å². The lowest BCUT2D eigenvalue weighted by Gasteiger charge is -2.18. The predicted molar refractivity (Wildman–Crippen MR) is 91.6 cm³/mol. The van der Waals surface area contributed by atoms with Crippen molar-refractivity contribution >= 4 is 5.91 Å². The first-order chi connectivity index (χ1) is 11.2. The molecule has 4 heteroatoms. The van der Waals surface area contributed by atoms with Gasteiger partial charge in [0.05, 0.1) is 7.11 Å². The molecule has 23 heavy (non-hydrogen) atoms. The van der Waals surface area contributed by atoms with Crippen LogP contribution in [0.2, 0.25) is 0 Å².